The fourth-order valence-electron chi connectivity index (χ4n) is 2.14. The lowest BCUT2D eigenvalue weighted by Gasteiger charge is -2.40. The number of nitrogens with one attached hydrogen (secondary N) is 1. The quantitative estimate of drug-likeness (QED) is 0.763. The predicted octanol–water partition coefficient (Wildman–Crippen LogP) is 2.34. The predicted molar refractivity (Wildman–Crippen MR) is 64.0 cm³/mol. The summed E-state index contributed by atoms with van der Waals surface area (Å²) in [5, 5.41) is 3.52. The Labute approximate surface area is 91.0 Å². The van der Waals surface area contributed by atoms with E-state index in [1.54, 1.807) is 7.11 Å². The first-order valence-electron chi connectivity index (χ1n) is 5.19. The molecule has 1 heterocycles. The van der Waals surface area contributed by atoms with E-state index < -0.39 is 0 Å². The molecular weight excluding hydrogens is 188 g/mol. The molecule has 82 valence electrons. The lowest BCUT2D eigenvalue weighted by Crippen LogP contribution is -2.46. The van der Waals surface area contributed by atoms with Crippen molar-refractivity contribution in [3.8, 4) is 5.75 Å². The molecule has 0 fully saturated rings. The molecule has 15 heavy (non-hydrogen) atoms. The summed E-state index contributed by atoms with van der Waals surface area (Å²) in [5.41, 5.74) is 2.50. The Hall–Kier alpha value is -1.38. The molecule has 0 amide bonds. The molecule has 0 radical (unpaired) electrons. The number of ether oxygens (including phenoxy) is 1. The van der Waals surface area contributed by atoms with E-state index >= 15 is 0 Å². The number of hydrogen-bond acceptors (Lipinski definition) is 3. The van der Waals surface area contributed by atoms with E-state index in [0.29, 0.717) is 0 Å². The van der Waals surface area contributed by atoms with Crippen LogP contribution in [0.25, 0.3) is 0 Å². The standard InChI is InChI=1S/C12H18N2O/c1-12(2)8-14(3)11-7-9(15-4)5-6-10(11)13-12/h5-7,13H,8H2,1-4H3. The van der Waals surface area contributed by atoms with Gasteiger partial charge in [-0.25, -0.2) is 0 Å². The molecule has 3 nitrogen and oxygen atoms in total. The number of likely N-dealkylation sites (N-methyl/N-ethyl adjacent to an activating group) is 1. The first-order chi connectivity index (χ1) is 7.02. The topological polar surface area (TPSA) is 24.5 Å². The van der Waals surface area contributed by atoms with Crippen molar-refractivity contribution < 1.29 is 4.74 Å². The maximum atomic E-state index is 5.23. The minimum absolute atomic E-state index is 0.121. The number of rotatable bonds is 1. The summed E-state index contributed by atoms with van der Waals surface area (Å²) < 4.78 is 5.23. The highest BCUT2D eigenvalue weighted by Crippen LogP contribution is 2.35. The molecule has 0 bridgehead atoms. The molecule has 1 aromatic carbocycles. The summed E-state index contributed by atoms with van der Waals surface area (Å²) in [6, 6.07) is 6.13. The Morgan fingerprint density at radius 3 is 2.80 bits per heavy atom. The molecule has 1 N–H and O–H groups in total. The third-order valence-electron chi connectivity index (χ3n) is 2.72. The molecule has 3 heteroatoms. The SMILES string of the molecule is COc1ccc2c(c1)N(C)CC(C)(C)N2. The normalized spacial score (nSPS) is 18.0. The monoisotopic (exact) mass is 206 g/mol. The largest absolute Gasteiger partial charge is 0.497 e. The van der Waals surface area contributed by atoms with Crippen molar-refractivity contribution in [2.75, 3.05) is 30.9 Å². The Balaban J connectivity index is 2.41. The van der Waals surface area contributed by atoms with Gasteiger partial charge in [-0.2, -0.15) is 0 Å². The van der Waals surface area contributed by atoms with Gasteiger partial charge in [-0.15, -0.1) is 0 Å². The van der Waals surface area contributed by atoms with Crippen LogP contribution in [-0.2, 0) is 0 Å². The summed E-state index contributed by atoms with van der Waals surface area (Å²) in [6.07, 6.45) is 0. The molecule has 0 atom stereocenters. The Kier molecular flexibility index (Phi) is 2.25. The first-order valence-corrected chi connectivity index (χ1v) is 5.19. The highest BCUT2D eigenvalue weighted by atomic mass is 16.5. The van der Waals surface area contributed by atoms with Crippen LogP contribution in [0.4, 0.5) is 11.4 Å². The zero-order chi connectivity index (χ0) is 11.1. The minimum atomic E-state index is 0.121. The van der Waals surface area contributed by atoms with Gasteiger partial charge in [-0.1, -0.05) is 0 Å². The lowest BCUT2D eigenvalue weighted by molar-refractivity contribution is 0.414. The van der Waals surface area contributed by atoms with Crippen LogP contribution in [0.15, 0.2) is 18.2 Å². The number of benzene rings is 1. The fourth-order valence-corrected chi connectivity index (χ4v) is 2.14. The maximum absolute atomic E-state index is 5.23. The van der Waals surface area contributed by atoms with E-state index in [4.69, 9.17) is 4.74 Å². The average molecular weight is 206 g/mol. The van der Waals surface area contributed by atoms with Gasteiger partial charge in [0.15, 0.2) is 0 Å². The second-order valence-corrected chi connectivity index (χ2v) is 4.75. The summed E-state index contributed by atoms with van der Waals surface area (Å²) in [4.78, 5) is 2.26. The van der Waals surface area contributed by atoms with Gasteiger partial charge in [0.05, 0.1) is 18.5 Å². The molecule has 0 saturated heterocycles. The van der Waals surface area contributed by atoms with E-state index in [1.807, 2.05) is 6.07 Å². The van der Waals surface area contributed by atoms with Crippen LogP contribution < -0.4 is 15.0 Å². The van der Waals surface area contributed by atoms with E-state index in [-0.39, 0.29) is 5.54 Å². The Bertz CT molecular complexity index is 374. The van der Waals surface area contributed by atoms with Crippen molar-refractivity contribution in [2.45, 2.75) is 19.4 Å². The number of anilines is 2. The van der Waals surface area contributed by atoms with Crippen molar-refractivity contribution in [3.05, 3.63) is 18.2 Å². The van der Waals surface area contributed by atoms with E-state index in [1.165, 1.54) is 11.4 Å². The Morgan fingerprint density at radius 1 is 1.40 bits per heavy atom. The van der Waals surface area contributed by atoms with Crippen molar-refractivity contribution >= 4 is 11.4 Å². The number of nitrogens with zero attached hydrogens (tertiary/aromatic N) is 1. The van der Waals surface area contributed by atoms with Gasteiger partial charge >= 0.3 is 0 Å². The van der Waals surface area contributed by atoms with Crippen LogP contribution in [0, 0.1) is 0 Å². The maximum Gasteiger partial charge on any atom is 0.121 e. The molecule has 2 rings (SSSR count). The van der Waals surface area contributed by atoms with Crippen molar-refractivity contribution in [1.29, 1.82) is 0 Å². The van der Waals surface area contributed by atoms with Crippen LogP contribution in [0.5, 0.6) is 5.75 Å². The van der Waals surface area contributed by atoms with Crippen LogP contribution in [0.1, 0.15) is 13.8 Å². The van der Waals surface area contributed by atoms with Crippen LogP contribution in [-0.4, -0.2) is 26.2 Å². The first kappa shape index (κ1) is 10.1. The van der Waals surface area contributed by atoms with Crippen molar-refractivity contribution in [1.82, 2.24) is 0 Å². The van der Waals surface area contributed by atoms with Crippen molar-refractivity contribution in [2.24, 2.45) is 0 Å². The lowest BCUT2D eigenvalue weighted by atomic mass is 10.00. The fraction of sp³-hybridized carbons (Fsp3) is 0.500. The van der Waals surface area contributed by atoms with Gasteiger partial charge in [0.1, 0.15) is 5.75 Å². The second kappa shape index (κ2) is 3.33. The summed E-state index contributed by atoms with van der Waals surface area (Å²) in [6.45, 7) is 5.40. The Morgan fingerprint density at radius 2 is 2.13 bits per heavy atom. The highest BCUT2D eigenvalue weighted by Gasteiger charge is 2.27. The second-order valence-electron chi connectivity index (χ2n) is 4.75. The zero-order valence-electron chi connectivity index (χ0n) is 9.79. The van der Waals surface area contributed by atoms with E-state index in [2.05, 4.69) is 43.2 Å². The molecule has 1 aliphatic rings. The van der Waals surface area contributed by atoms with Gasteiger partial charge in [0, 0.05) is 25.2 Å². The minimum Gasteiger partial charge on any atom is -0.497 e. The number of fused-ring (bicyclic) bond motifs is 1. The summed E-state index contributed by atoms with van der Waals surface area (Å²) in [7, 11) is 3.81. The molecule has 1 aliphatic heterocycles. The smallest absolute Gasteiger partial charge is 0.121 e. The van der Waals surface area contributed by atoms with Gasteiger partial charge in [-0.3, -0.25) is 0 Å². The van der Waals surface area contributed by atoms with E-state index in [0.717, 1.165) is 12.3 Å². The molecule has 0 spiro atoms. The average Bonchev–Trinajstić information content (AvgIpc) is 2.15. The zero-order valence-corrected chi connectivity index (χ0v) is 9.79. The molecule has 1 aromatic rings. The number of methoxy groups -OCH3 is 1. The molecule has 0 aliphatic carbocycles. The molecule has 0 aromatic heterocycles. The molecular formula is C12H18N2O. The molecule has 0 saturated carbocycles. The van der Waals surface area contributed by atoms with Gasteiger partial charge in [0.2, 0.25) is 0 Å². The van der Waals surface area contributed by atoms with Crippen molar-refractivity contribution in [3.63, 3.8) is 0 Å². The van der Waals surface area contributed by atoms with Crippen LogP contribution >= 0.6 is 0 Å². The molecule has 0 unspecified atom stereocenters. The summed E-state index contributed by atoms with van der Waals surface area (Å²) in [5.74, 6) is 0.905. The third kappa shape index (κ3) is 1.87. The van der Waals surface area contributed by atoms with Crippen LogP contribution in [0.3, 0.4) is 0 Å². The van der Waals surface area contributed by atoms with Gasteiger partial charge < -0.3 is 15.0 Å². The van der Waals surface area contributed by atoms with E-state index in [9.17, 15) is 0 Å². The van der Waals surface area contributed by atoms with Gasteiger partial charge in [-0.05, 0) is 26.0 Å². The van der Waals surface area contributed by atoms with Gasteiger partial charge in [0.25, 0.3) is 0 Å². The van der Waals surface area contributed by atoms with Crippen LogP contribution in [0.2, 0.25) is 0 Å². The third-order valence-corrected chi connectivity index (χ3v) is 2.72. The number of hydrogen-bond donors (Lipinski definition) is 1. The highest BCUT2D eigenvalue weighted by molar-refractivity contribution is 5.74. The summed E-state index contributed by atoms with van der Waals surface area (Å²) >= 11 is 0.